The molecule has 2 heteroatoms. The van der Waals surface area contributed by atoms with Gasteiger partial charge in [-0.1, -0.05) is 12.1 Å². The first-order valence-electron chi connectivity index (χ1n) is 3.93. The molecule has 2 rings (SSSR count). The lowest BCUT2D eigenvalue weighted by molar-refractivity contribution is 0.419. The van der Waals surface area contributed by atoms with E-state index < -0.39 is 0 Å². The van der Waals surface area contributed by atoms with E-state index in [-0.39, 0.29) is 0 Å². The van der Waals surface area contributed by atoms with Crippen LogP contribution < -0.4 is 4.74 Å². The van der Waals surface area contributed by atoms with Gasteiger partial charge in [-0.15, -0.1) is 0 Å². The Hall–Kier alpha value is -1.44. The van der Waals surface area contributed by atoms with Crippen LogP contribution in [0.25, 0.3) is 10.9 Å². The minimum absolute atomic E-state index is 0.504. The Labute approximate surface area is 66.2 Å². The molecule has 0 radical (unpaired) electrons. The van der Waals surface area contributed by atoms with Crippen molar-refractivity contribution >= 4 is 10.9 Å². The zero-order valence-electron chi connectivity index (χ0n) is 7.22. The third-order valence-corrected chi connectivity index (χ3v) is 1.69. The molecule has 2 aromatic rings. The molecule has 11 heavy (non-hydrogen) atoms. The van der Waals surface area contributed by atoms with E-state index in [4.69, 9.17) is 6.11 Å². The van der Waals surface area contributed by atoms with Crippen molar-refractivity contribution in [2.24, 2.45) is 0 Å². The minimum atomic E-state index is 0.504. The van der Waals surface area contributed by atoms with E-state index in [1.165, 1.54) is 0 Å². The van der Waals surface area contributed by atoms with Crippen LogP contribution in [0.2, 0.25) is 0 Å². The first-order chi connectivity index (χ1) is 5.83. The third-order valence-electron chi connectivity index (χ3n) is 1.69. The number of para-hydroxylation sites is 1. The smallest absolute Gasteiger partial charge is 0.142 e. The number of benzene rings is 1. The van der Waals surface area contributed by atoms with Gasteiger partial charge < -0.3 is 9.72 Å². The standard InChI is InChI=1S/C9H9NO/c1-11-8-4-2-3-7-5-6-10-9(7)8/h2-6,10H,1H3/i5D. The fourth-order valence-electron chi connectivity index (χ4n) is 1.16. The summed E-state index contributed by atoms with van der Waals surface area (Å²) in [5.41, 5.74) is 0.894. The lowest BCUT2D eigenvalue weighted by Gasteiger charge is -1.99. The van der Waals surface area contributed by atoms with E-state index in [2.05, 4.69) is 4.98 Å². The van der Waals surface area contributed by atoms with Crippen molar-refractivity contribution in [1.82, 2.24) is 4.98 Å². The minimum Gasteiger partial charge on any atom is -0.495 e. The third kappa shape index (κ3) is 0.871. The van der Waals surface area contributed by atoms with Crippen LogP contribution in [0.4, 0.5) is 0 Å². The number of aromatic amines is 1. The number of hydrogen-bond donors (Lipinski definition) is 1. The maximum absolute atomic E-state index is 7.53. The zero-order chi connectivity index (χ0) is 8.55. The largest absolute Gasteiger partial charge is 0.495 e. The fourth-order valence-corrected chi connectivity index (χ4v) is 1.16. The Kier molecular flexibility index (Phi) is 1.10. The van der Waals surface area contributed by atoms with E-state index >= 15 is 0 Å². The van der Waals surface area contributed by atoms with Gasteiger partial charge in [0.05, 0.1) is 14.0 Å². The van der Waals surface area contributed by atoms with Gasteiger partial charge >= 0.3 is 0 Å². The first-order valence-corrected chi connectivity index (χ1v) is 3.43. The lowest BCUT2D eigenvalue weighted by Crippen LogP contribution is -1.82. The van der Waals surface area contributed by atoms with Crippen molar-refractivity contribution in [2.75, 3.05) is 7.11 Å². The van der Waals surface area contributed by atoms with Crippen LogP contribution >= 0.6 is 0 Å². The molecule has 0 bridgehead atoms. The summed E-state index contributed by atoms with van der Waals surface area (Å²) in [4.78, 5) is 2.99. The van der Waals surface area contributed by atoms with E-state index in [1.807, 2.05) is 18.2 Å². The maximum Gasteiger partial charge on any atom is 0.142 e. The van der Waals surface area contributed by atoms with Gasteiger partial charge in [-0.25, -0.2) is 0 Å². The highest BCUT2D eigenvalue weighted by atomic mass is 16.5. The highest BCUT2D eigenvalue weighted by Gasteiger charge is 1.98. The van der Waals surface area contributed by atoms with Gasteiger partial charge in [-0.3, -0.25) is 0 Å². The lowest BCUT2D eigenvalue weighted by atomic mass is 10.2. The number of methoxy groups -OCH3 is 1. The summed E-state index contributed by atoms with van der Waals surface area (Å²) in [7, 11) is 1.62. The SMILES string of the molecule is [2H]c1c[nH]c2c(OC)cccc12. The number of fused-ring (bicyclic) bond motifs is 1. The van der Waals surface area contributed by atoms with E-state index in [0.29, 0.717) is 6.04 Å². The fraction of sp³-hybridized carbons (Fsp3) is 0.111. The molecule has 0 aliphatic heterocycles. The predicted octanol–water partition coefficient (Wildman–Crippen LogP) is 2.18. The Morgan fingerprint density at radius 3 is 3.27 bits per heavy atom. The van der Waals surface area contributed by atoms with Gasteiger partial charge in [0.2, 0.25) is 0 Å². The van der Waals surface area contributed by atoms with Crippen LogP contribution in [0.5, 0.6) is 5.75 Å². The molecule has 0 spiro atoms. The van der Waals surface area contributed by atoms with Crippen LogP contribution in [0.3, 0.4) is 0 Å². The summed E-state index contributed by atoms with van der Waals surface area (Å²) < 4.78 is 12.7. The Morgan fingerprint density at radius 2 is 2.45 bits per heavy atom. The molecule has 1 aromatic heterocycles. The Balaban J connectivity index is 2.81. The van der Waals surface area contributed by atoms with Crippen LogP contribution in [0.15, 0.2) is 30.4 Å². The second kappa shape index (κ2) is 2.31. The number of ether oxygens (including phenoxy) is 1. The molecule has 1 heterocycles. The van der Waals surface area contributed by atoms with E-state index in [9.17, 15) is 0 Å². The molecule has 0 aliphatic rings. The predicted molar refractivity (Wildman–Crippen MR) is 44.9 cm³/mol. The summed E-state index contributed by atoms with van der Waals surface area (Å²) in [5, 5.41) is 0.898. The molecule has 56 valence electrons. The van der Waals surface area contributed by atoms with Gasteiger partial charge in [0, 0.05) is 11.6 Å². The van der Waals surface area contributed by atoms with Crippen molar-refractivity contribution in [3.63, 3.8) is 0 Å². The quantitative estimate of drug-likeness (QED) is 0.658. The zero-order valence-corrected chi connectivity index (χ0v) is 6.22. The van der Waals surface area contributed by atoms with Crippen molar-refractivity contribution in [2.45, 2.75) is 0 Å². The second-order valence-electron chi connectivity index (χ2n) is 2.32. The van der Waals surface area contributed by atoms with Crippen molar-refractivity contribution in [3.05, 3.63) is 30.4 Å². The van der Waals surface area contributed by atoms with Crippen LogP contribution in [0, 0.1) is 0 Å². The number of nitrogens with one attached hydrogen (secondary N) is 1. The van der Waals surface area contributed by atoms with Gasteiger partial charge in [0.15, 0.2) is 0 Å². The average molecular weight is 148 g/mol. The van der Waals surface area contributed by atoms with Crippen molar-refractivity contribution in [3.8, 4) is 5.75 Å². The molecule has 0 saturated heterocycles. The highest BCUT2D eigenvalue weighted by molar-refractivity contribution is 5.84. The monoisotopic (exact) mass is 148 g/mol. The Bertz CT molecular complexity index is 408. The molecule has 0 fully saturated rings. The van der Waals surface area contributed by atoms with Crippen LogP contribution in [-0.4, -0.2) is 12.1 Å². The second-order valence-corrected chi connectivity index (χ2v) is 2.32. The molecule has 1 aromatic carbocycles. The number of rotatable bonds is 1. The molecular weight excluding hydrogens is 138 g/mol. The average Bonchev–Trinajstić information content (AvgIpc) is 2.48. The summed E-state index contributed by atoms with van der Waals surface area (Å²) >= 11 is 0. The van der Waals surface area contributed by atoms with Crippen molar-refractivity contribution < 1.29 is 6.11 Å². The van der Waals surface area contributed by atoms with Gasteiger partial charge in [-0.05, 0) is 12.1 Å². The molecular formula is C9H9NO. The summed E-state index contributed by atoms with van der Waals surface area (Å²) in [6, 6.07) is 6.16. The molecule has 0 saturated carbocycles. The van der Waals surface area contributed by atoms with E-state index in [0.717, 1.165) is 16.7 Å². The highest BCUT2D eigenvalue weighted by Crippen LogP contribution is 2.22. The summed E-state index contributed by atoms with van der Waals surface area (Å²) in [6.07, 6.45) is 1.66. The van der Waals surface area contributed by atoms with Gasteiger partial charge in [0.1, 0.15) is 5.75 Å². The van der Waals surface area contributed by atoms with Crippen LogP contribution in [0.1, 0.15) is 1.37 Å². The molecule has 0 atom stereocenters. The molecule has 1 N–H and O–H groups in total. The first kappa shape index (κ1) is 5.24. The summed E-state index contributed by atoms with van der Waals surface area (Å²) in [5.74, 6) is 0.783. The number of aromatic nitrogens is 1. The van der Waals surface area contributed by atoms with Gasteiger partial charge in [-0.2, -0.15) is 0 Å². The maximum atomic E-state index is 7.53. The molecule has 0 amide bonds. The number of hydrogen-bond acceptors (Lipinski definition) is 1. The normalized spacial score (nSPS) is 11.5. The molecule has 0 unspecified atom stereocenters. The topological polar surface area (TPSA) is 25.0 Å². The summed E-state index contributed by atoms with van der Waals surface area (Å²) in [6.45, 7) is 0. The van der Waals surface area contributed by atoms with Crippen molar-refractivity contribution in [1.29, 1.82) is 0 Å². The number of H-pyrrole nitrogens is 1. The Morgan fingerprint density at radius 1 is 1.55 bits per heavy atom. The van der Waals surface area contributed by atoms with E-state index in [1.54, 1.807) is 13.3 Å². The molecule has 2 nitrogen and oxygen atoms in total. The molecule has 0 aliphatic carbocycles. The van der Waals surface area contributed by atoms with Gasteiger partial charge in [0.25, 0.3) is 0 Å². The van der Waals surface area contributed by atoms with Crippen LogP contribution in [-0.2, 0) is 0 Å².